The van der Waals surface area contributed by atoms with Crippen LogP contribution in [0, 0.1) is 0 Å². The van der Waals surface area contributed by atoms with E-state index in [0.717, 1.165) is 81.8 Å². The van der Waals surface area contributed by atoms with Crippen molar-refractivity contribution >= 4 is 11.9 Å². The molecule has 3 aliphatic rings. The summed E-state index contributed by atoms with van der Waals surface area (Å²) in [6.45, 7) is 3.13. The molecule has 2 aromatic heterocycles. The van der Waals surface area contributed by atoms with Gasteiger partial charge in [-0.25, -0.2) is 4.98 Å². The van der Waals surface area contributed by atoms with Crippen molar-refractivity contribution in [2.24, 2.45) is 0 Å². The van der Waals surface area contributed by atoms with Crippen LogP contribution in [0.1, 0.15) is 60.6 Å². The maximum Gasteiger partial charge on any atom is 0.324 e. The number of carbonyl (C=O) groups is 1. The van der Waals surface area contributed by atoms with Gasteiger partial charge < -0.3 is 23.5 Å². The molecule has 0 radical (unpaired) electrons. The van der Waals surface area contributed by atoms with Crippen LogP contribution in [0.4, 0.5) is 6.01 Å². The number of ether oxygens (including phenoxy) is 1. The summed E-state index contributed by atoms with van der Waals surface area (Å²) in [4.78, 5) is 26.4. The topological polar surface area (TPSA) is 97.7 Å². The number of piperidine rings is 1. The van der Waals surface area contributed by atoms with Gasteiger partial charge in [-0.3, -0.25) is 4.79 Å². The molecule has 1 aliphatic carbocycles. The molecule has 9 nitrogen and oxygen atoms in total. The highest BCUT2D eigenvalue weighted by Gasteiger charge is 2.39. The molecule has 6 rings (SSSR count). The molecule has 1 aromatic carbocycles. The summed E-state index contributed by atoms with van der Waals surface area (Å²) in [5, 5.41) is 4.24. The van der Waals surface area contributed by atoms with Crippen molar-refractivity contribution in [1.29, 1.82) is 0 Å². The monoisotopic (exact) mass is 463 g/mol. The van der Waals surface area contributed by atoms with E-state index in [2.05, 4.69) is 24.9 Å². The van der Waals surface area contributed by atoms with Gasteiger partial charge in [0.2, 0.25) is 0 Å². The maximum absolute atomic E-state index is 13.5. The smallest absolute Gasteiger partial charge is 0.324 e. The van der Waals surface area contributed by atoms with Crippen LogP contribution in [-0.2, 0) is 4.74 Å². The fourth-order valence-electron chi connectivity index (χ4n) is 5.08. The van der Waals surface area contributed by atoms with Crippen LogP contribution < -0.4 is 4.90 Å². The molecule has 0 N–H and O–H groups in total. The van der Waals surface area contributed by atoms with E-state index < -0.39 is 0 Å². The summed E-state index contributed by atoms with van der Waals surface area (Å²) in [6, 6.07) is 8.80. The number of aromatic nitrogens is 3. The van der Waals surface area contributed by atoms with Crippen molar-refractivity contribution in [3.05, 3.63) is 48.2 Å². The number of anilines is 1. The van der Waals surface area contributed by atoms with E-state index in [4.69, 9.17) is 13.7 Å². The summed E-state index contributed by atoms with van der Waals surface area (Å²) in [5.74, 6) is 1.93. The normalized spacial score (nSPS) is 19.9. The Morgan fingerprint density at radius 1 is 0.971 bits per heavy atom. The van der Waals surface area contributed by atoms with Gasteiger partial charge >= 0.3 is 6.01 Å². The largest absolute Gasteiger partial charge is 0.444 e. The van der Waals surface area contributed by atoms with Gasteiger partial charge in [-0.2, -0.15) is 4.98 Å². The lowest BCUT2D eigenvalue weighted by Crippen LogP contribution is -2.48. The Balaban J connectivity index is 1.10. The lowest BCUT2D eigenvalue weighted by Gasteiger charge is -2.38. The highest BCUT2D eigenvalue weighted by atomic mass is 16.5. The third kappa shape index (κ3) is 4.32. The van der Waals surface area contributed by atoms with Crippen molar-refractivity contribution < 1.29 is 18.5 Å². The number of benzene rings is 1. The number of nitrogens with zero attached hydrogens (tertiary/aromatic N) is 5. The van der Waals surface area contributed by atoms with Gasteiger partial charge in [-0.05, 0) is 50.7 Å². The lowest BCUT2D eigenvalue weighted by molar-refractivity contribution is 0.0629. The molecule has 1 saturated carbocycles. The minimum absolute atomic E-state index is 0.115. The van der Waals surface area contributed by atoms with Crippen LogP contribution in [0.25, 0.3) is 11.3 Å². The van der Waals surface area contributed by atoms with Gasteiger partial charge in [0.1, 0.15) is 0 Å². The zero-order valence-corrected chi connectivity index (χ0v) is 19.1. The first-order chi connectivity index (χ1) is 16.8. The van der Waals surface area contributed by atoms with E-state index in [1.165, 1.54) is 6.39 Å². The van der Waals surface area contributed by atoms with Gasteiger partial charge in [0, 0.05) is 55.4 Å². The third-order valence-electron chi connectivity index (χ3n) is 7.17. The van der Waals surface area contributed by atoms with Gasteiger partial charge in [0.05, 0.1) is 6.20 Å². The number of carbonyl (C=O) groups excluding carboxylic acids is 1. The highest BCUT2D eigenvalue weighted by Crippen LogP contribution is 2.34. The summed E-state index contributed by atoms with van der Waals surface area (Å²) in [7, 11) is 0. The fraction of sp³-hybridized carbons (Fsp3) is 0.520. The average molecular weight is 464 g/mol. The second-order valence-electron chi connectivity index (χ2n) is 9.43. The van der Waals surface area contributed by atoms with E-state index in [1.807, 2.05) is 24.3 Å². The number of hydrogen-bond donors (Lipinski definition) is 0. The number of rotatable bonds is 6. The molecular weight excluding hydrogens is 434 g/mol. The van der Waals surface area contributed by atoms with Crippen molar-refractivity contribution in [3.8, 4) is 11.3 Å². The summed E-state index contributed by atoms with van der Waals surface area (Å²) >= 11 is 0. The Morgan fingerprint density at radius 2 is 1.71 bits per heavy atom. The Kier molecular flexibility index (Phi) is 5.78. The van der Waals surface area contributed by atoms with Crippen LogP contribution in [0.15, 0.2) is 45.8 Å². The van der Waals surface area contributed by atoms with E-state index >= 15 is 0 Å². The second kappa shape index (κ2) is 9.21. The quantitative estimate of drug-likeness (QED) is 0.543. The van der Waals surface area contributed by atoms with Crippen LogP contribution in [0.3, 0.4) is 0 Å². The van der Waals surface area contributed by atoms with E-state index in [0.29, 0.717) is 23.7 Å². The molecular formula is C25H29N5O4. The van der Waals surface area contributed by atoms with Crippen LogP contribution in [-0.4, -0.2) is 64.3 Å². The minimum Gasteiger partial charge on any atom is -0.444 e. The minimum atomic E-state index is 0.115. The Morgan fingerprint density at radius 3 is 2.38 bits per heavy atom. The first-order valence-electron chi connectivity index (χ1n) is 12.2. The van der Waals surface area contributed by atoms with Crippen LogP contribution >= 0.6 is 0 Å². The predicted octanol–water partition coefficient (Wildman–Crippen LogP) is 3.89. The number of hydrogen-bond acceptors (Lipinski definition) is 8. The number of amides is 1. The molecule has 0 atom stereocenters. The molecule has 178 valence electrons. The van der Waals surface area contributed by atoms with Crippen molar-refractivity contribution in [1.82, 2.24) is 20.0 Å². The molecule has 2 aliphatic heterocycles. The van der Waals surface area contributed by atoms with Crippen molar-refractivity contribution in [2.45, 2.75) is 56.5 Å². The Bertz CT molecular complexity index is 1090. The third-order valence-corrected chi connectivity index (χ3v) is 7.17. The first kappa shape index (κ1) is 21.3. The van der Waals surface area contributed by atoms with E-state index in [9.17, 15) is 4.79 Å². The first-order valence-corrected chi connectivity index (χ1v) is 12.2. The average Bonchev–Trinajstić information content (AvgIpc) is 3.35. The summed E-state index contributed by atoms with van der Waals surface area (Å²) < 4.78 is 16.4. The molecule has 3 fully saturated rings. The molecule has 2 saturated heterocycles. The van der Waals surface area contributed by atoms with Crippen LogP contribution in [0.2, 0.25) is 0 Å². The van der Waals surface area contributed by atoms with Crippen LogP contribution in [0.5, 0.6) is 0 Å². The molecule has 3 aromatic rings. The van der Waals surface area contributed by atoms with Gasteiger partial charge in [-0.15, -0.1) is 0 Å². The molecule has 4 heterocycles. The molecule has 0 bridgehead atoms. The maximum atomic E-state index is 13.5. The number of oxazole rings is 1. The standard InChI is InChI=1S/C25H29N5O4/c31-24(19-3-1-17(2-4-19)22-15-26-16-33-22)30(20-5-6-20)21-7-11-29(12-8-21)25-27-23(28-34-25)18-9-13-32-14-10-18/h1-4,15-16,18,20-21H,5-14H2. The predicted molar refractivity (Wildman–Crippen MR) is 123 cm³/mol. The molecule has 34 heavy (non-hydrogen) atoms. The van der Waals surface area contributed by atoms with Gasteiger partial charge in [0.25, 0.3) is 5.91 Å². The van der Waals surface area contributed by atoms with Crippen molar-refractivity contribution in [2.75, 3.05) is 31.2 Å². The Hall–Kier alpha value is -3.20. The zero-order chi connectivity index (χ0) is 22.9. The molecule has 1 amide bonds. The van der Waals surface area contributed by atoms with Gasteiger partial charge in [0.15, 0.2) is 18.0 Å². The van der Waals surface area contributed by atoms with Gasteiger partial charge in [-0.1, -0.05) is 17.3 Å². The zero-order valence-electron chi connectivity index (χ0n) is 19.1. The fourth-order valence-corrected chi connectivity index (χ4v) is 5.08. The second-order valence-corrected chi connectivity index (χ2v) is 9.43. The summed E-state index contributed by atoms with van der Waals surface area (Å²) in [6.07, 6.45) is 8.94. The van der Waals surface area contributed by atoms with Crippen molar-refractivity contribution in [3.63, 3.8) is 0 Å². The SMILES string of the molecule is O=C(c1ccc(-c2cnco2)cc1)N(C1CC1)C1CCN(c2nc(C3CCOCC3)no2)CC1. The molecule has 0 unspecified atom stereocenters. The van der Waals surface area contributed by atoms with E-state index in [1.54, 1.807) is 6.20 Å². The Labute approximate surface area is 198 Å². The lowest BCUT2D eigenvalue weighted by atomic mass is 10.00. The molecule has 0 spiro atoms. The van der Waals surface area contributed by atoms with E-state index in [-0.39, 0.29) is 11.9 Å². The highest BCUT2D eigenvalue weighted by molar-refractivity contribution is 5.95. The summed E-state index contributed by atoms with van der Waals surface area (Å²) in [5.41, 5.74) is 1.63. The molecule has 9 heteroatoms.